The highest BCUT2D eigenvalue weighted by molar-refractivity contribution is 5.82. The lowest BCUT2D eigenvalue weighted by Crippen LogP contribution is -2.21. The molecule has 0 atom stereocenters. The molecule has 1 aromatic heterocycles. The van der Waals surface area contributed by atoms with Crippen LogP contribution in [0.2, 0.25) is 0 Å². The minimum atomic E-state index is -0.127. The van der Waals surface area contributed by atoms with Gasteiger partial charge < -0.3 is 4.74 Å². The second-order valence-corrected chi connectivity index (χ2v) is 6.04. The molecule has 0 amide bonds. The van der Waals surface area contributed by atoms with Gasteiger partial charge in [0.25, 0.3) is 0 Å². The maximum atomic E-state index is 12.8. The number of fused-ring (bicyclic) bond motifs is 1. The topological polar surface area (TPSA) is 53.2 Å². The van der Waals surface area contributed by atoms with E-state index in [1.165, 1.54) is 0 Å². The van der Waals surface area contributed by atoms with Crippen molar-refractivity contribution in [3.63, 3.8) is 0 Å². The maximum absolute atomic E-state index is 12.8. The number of hydrogen-bond donors (Lipinski definition) is 0. The Morgan fingerprint density at radius 3 is 2.38 bits per heavy atom. The first-order chi connectivity index (χ1) is 12.4. The zero-order valence-electron chi connectivity index (χ0n) is 16.1. The van der Waals surface area contributed by atoms with Crippen LogP contribution in [0.25, 0.3) is 16.7 Å². The minimum absolute atomic E-state index is 0.0228. The Labute approximate surface area is 153 Å². The molecule has 0 radical (unpaired) electrons. The molecule has 0 saturated heterocycles. The Morgan fingerprint density at radius 2 is 1.81 bits per heavy atom. The maximum Gasteiger partial charge on any atom is 0.333 e. The Hall–Kier alpha value is -2.82. The van der Waals surface area contributed by atoms with E-state index < -0.39 is 0 Å². The molecule has 0 saturated carbocycles. The van der Waals surface area contributed by atoms with Crippen LogP contribution >= 0.6 is 0 Å². The molecule has 5 heteroatoms. The highest BCUT2D eigenvalue weighted by atomic mass is 16.5. The molecule has 0 N–H and O–H groups in total. The number of nitrogens with zero attached hydrogens (tertiary/aromatic N) is 2. The average Bonchev–Trinajstić information content (AvgIpc) is 2.92. The van der Waals surface area contributed by atoms with Crippen LogP contribution in [0.3, 0.4) is 0 Å². The third-order valence-electron chi connectivity index (χ3n) is 4.40. The van der Waals surface area contributed by atoms with Crippen LogP contribution in [0.4, 0.5) is 0 Å². The highest BCUT2D eigenvalue weighted by Crippen LogP contribution is 2.20. The number of carbonyl (C=O) groups is 1. The van der Waals surface area contributed by atoms with Crippen LogP contribution < -0.4 is 5.69 Å². The van der Waals surface area contributed by atoms with Gasteiger partial charge in [-0.1, -0.05) is 31.2 Å². The van der Waals surface area contributed by atoms with Crippen LogP contribution in [-0.4, -0.2) is 21.5 Å². The fourth-order valence-electron chi connectivity index (χ4n) is 2.63. The van der Waals surface area contributed by atoms with E-state index in [1.54, 1.807) is 16.2 Å². The van der Waals surface area contributed by atoms with Gasteiger partial charge in [-0.25, -0.2) is 4.79 Å². The molecule has 0 aliphatic rings. The number of ketones is 1. The zero-order valence-corrected chi connectivity index (χ0v) is 16.1. The standard InChI is InChI=1S/C21H26N2O3/c1-6-15(4)20(26-14-17(24)8-3)13-16(7-2)23-19-12-10-9-11-18(19)22(5)21(23)25/h6-7,9-13H,8,14H2,1-5H3/b15-6-,16-7+,20-13+. The number of rotatable bonds is 7. The highest BCUT2D eigenvalue weighted by Gasteiger charge is 2.14. The fraction of sp³-hybridized carbons (Fsp3) is 0.333. The first-order valence-corrected chi connectivity index (χ1v) is 8.77. The summed E-state index contributed by atoms with van der Waals surface area (Å²) in [5.74, 6) is 0.617. The Balaban J connectivity index is 2.56. The number of allylic oxidation sites excluding steroid dienone is 5. The van der Waals surface area contributed by atoms with Gasteiger partial charge in [-0.2, -0.15) is 0 Å². The number of ether oxygens (including phenoxy) is 1. The summed E-state index contributed by atoms with van der Waals surface area (Å²) >= 11 is 0. The van der Waals surface area contributed by atoms with Gasteiger partial charge in [-0.15, -0.1) is 0 Å². The van der Waals surface area contributed by atoms with Gasteiger partial charge in [0, 0.05) is 19.5 Å². The third-order valence-corrected chi connectivity index (χ3v) is 4.40. The number of aryl methyl sites for hydroxylation is 1. The number of imidazole rings is 1. The number of Topliss-reactive ketones (excluding diaryl/α,β-unsaturated/α-hetero) is 1. The summed E-state index contributed by atoms with van der Waals surface area (Å²) in [5.41, 5.74) is 3.16. The lowest BCUT2D eigenvalue weighted by Gasteiger charge is -2.12. The predicted molar refractivity (Wildman–Crippen MR) is 106 cm³/mol. The van der Waals surface area contributed by atoms with E-state index in [0.717, 1.165) is 16.6 Å². The van der Waals surface area contributed by atoms with Gasteiger partial charge in [-0.3, -0.25) is 13.9 Å². The number of benzene rings is 1. The first-order valence-electron chi connectivity index (χ1n) is 8.77. The van der Waals surface area contributed by atoms with Crippen molar-refractivity contribution < 1.29 is 9.53 Å². The van der Waals surface area contributed by atoms with E-state index in [0.29, 0.717) is 17.9 Å². The summed E-state index contributed by atoms with van der Waals surface area (Å²) in [7, 11) is 1.76. The van der Waals surface area contributed by atoms with Crippen molar-refractivity contribution in [1.29, 1.82) is 0 Å². The van der Waals surface area contributed by atoms with E-state index in [1.807, 2.05) is 70.2 Å². The Bertz CT molecular complexity index is 955. The van der Waals surface area contributed by atoms with Crippen molar-refractivity contribution in [3.8, 4) is 0 Å². The summed E-state index contributed by atoms with van der Waals surface area (Å²) in [6, 6.07) is 7.65. The second kappa shape index (κ2) is 8.52. The van der Waals surface area contributed by atoms with Crippen LogP contribution in [0.1, 0.15) is 34.1 Å². The molecule has 2 rings (SSSR count). The minimum Gasteiger partial charge on any atom is -0.485 e. The smallest absolute Gasteiger partial charge is 0.333 e. The van der Waals surface area contributed by atoms with Crippen LogP contribution in [-0.2, 0) is 16.6 Å². The van der Waals surface area contributed by atoms with E-state index >= 15 is 0 Å². The molecule has 5 nitrogen and oxygen atoms in total. The number of hydrogen-bond acceptors (Lipinski definition) is 3. The summed E-state index contributed by atoms with van der Waals surface area (Å²) < 4.78 is 9.02. The molecule has 0 aliphatic heterocycles. The summed E-state index contributed by atoms with van der Waals surface area (Å²) in [6.45, 7) is 7.54. The molecule has 0 bridgehead atoms. The van der Waals surface area contributed by atoms with Crippen molar-refractivity contribution in [2.75, 3.05) is 6.61 Å². The molecule has 0 aliphatic carbocycles. The molecule has 0 fully saturated rings. The molecule has 138 valence electrons. The van der Waals surface area contributed by atoms with Crippen LogP contribution in [0.15, 0.2) is 58.6 Å². The van der Waals surface area contributed by atoms with Crippen molar-refractivity contribution >= 4 is 22.5 Å². The molecule has 1 heterocycles. The second-order valence-electron chi connectivity index (χ2n) is 6.04. The number of aromatic nitrogens is 2. The monoisotopic (exact) mass is 354 g/mol. The number of carbonyl (C=O) groups excluding carboxylic acids is 1. The van der Waals surface area contributed by atoms with Crippen molar-refractivity contribution in [2.24, 2.45) is 7.05 Å². The quantitative estimate of drug-likeness (QED) is 0.557. The molecule has 0 spiro atoms. The summed E-state index contributed by atoms with van der Waals surface area (Å²) in [4.78, 5) is 24.4. The van der Waals surface area contributed by atoms with Gasteiger partial charge in [0.05, 0.1) is 16.7 Å². The molecule has 1 aromatic carbocycles. The summed E-state index contributed by atoms with van der Waals surface area (Å²) in [6.07, 6.45) is 6.02. The van der Waals surface area contributed by atoms with E-state index in [4.69, 9.17) is 4.74 Å². The van der Waals surface area contributed by atoms with Gasteiger partial charge in [0.2, 0.25) is 0 Å². The normalized spacial score (nSPS) is 13.3. The van der Waals surface area contributed by atoms with Crippen LogP contribution in [0.5, 0.6) is 0 Å². The zero-order chi connectivity index (χ0) is 19.3. The first kappa shape index (κ1) is 19.5. The van der Waals surface area contributed by atoms with E-state index in [9.17, 15) is 9.59 Å². The van der Waals surface area contributed by atoms with Gasteiger partial charge in [0.1, 0.15) is 12.4 Å². The molecule has 0 unspecified atom stereocenters. The van der Waals surface area contributed by atoms with Crippen molar-refractivity contribution in [2.45, 2.75) is 34.1 Å². The van der Waals surface area contributed by atoms with Gasteiger partial charge in [-0.05, 0) is 38.5 Å². The molecule has 26 heavy (non-hydrogen) atoms. The SMILES string of the molecule is C\C=C(C)/C(=C\C(=C/C)n1c(=O)n(C)c2ccccc21)OCC(=O)CC. The third kappa shape index (κ3) is 3.87. The van der Waals surface area contributed by atoms with Gasteiger partial charge in [0.15, 0.2) is 5.78 Å². The van der Waals surface area contributed by atoms with Gasteiger partial charge >= 0.3 is 5.69 Å². The number of para-hydroxylation sites is 2. The molecular weight excluding hydrogens is 328 g/mol. The largest absolute Gasteiger partial charge is 0.485 e. The molecular formula is C21H26N2O3. The lowest BCUT2D eigenvalue weighted by atomic mass is 10.2. The Kier molecular flexibility index (Phi) is 6.39. The van der Waals surface area contributed by atoms with Crippen LogP contribution in [0, 0.1) is 0 Å². The van der Waals surface area contributed by atoms with E-state index in [2.05, 4.69) is 0 Å². The Morgan fingerprint density at radius 1 is 1.15 bits per heavy atom. The average molecular weight is 354 g/mol. The van der Waals surface area contributed by atoms with E-state index in [-0.39, 0.29) is 18.1 Å². The predicted octanol–water partition coefficient (Wildman–Crippen LogP) is 4.05. The van der Waals surface area contributed by atoms with Crippen molar-refractivity contribution in [1.82, 2.24) is 9.13 Å². The van der Waals surface area contributed by atoms with Crippen molar-refractivity contribution in [3.05, 3.63) is 64.3 Å². The lowest BCUT2D eigenvalue weighted by molar-refractivity contribution is -0.121. The fourth-order valence-corrected chi connectivity index (χ4v) is 2.63. The molecule has 2 aromatic rings. The summed E-state index contributed by atoms with van der Waals surface area (Å²) in [5, 5.41) is 0.